The first-order chi connectivity index (χ1) is 18.6. The molecule has 1 saturated carbocycles. The second kappa shape index (κ2) is 10.8. The number of fused-ring (bicyclic) bond motifs is 2. The summed E-state index contributed by atoms with van der Waals surface area (Å²) in [4.78, 5) is 31.8. The summed E-state index contributed by atoms with van der Waals surface area (Å²) in [6, 6.07) is 15.2. The summed E-state index contributed by atoms with van der Waals surface area (Å²) in [6.07, 6.45) is 1.33. The fourth-order valence-electron chi connectivity index (χ4n) is 6.55. The maximum atomic E-state index is 13.7. The molecule has 5 rings (SSSR count). The quantitative estimate of drug-likeness (QED) is 0.341. The highest BCUT2D eigenvalue weighted by molar-refractivity contribution is 7.15. The summed E-state index contributed by atoms with van der Waals surface area (Å²) in [7, 11) is 0. The Morgan fingerprint density at radius 1 is 1.15 bits per heavy atom. The molecule has 206 valence electrons. The van der Waals surface area contributed by atoms with Gasteiger partial charge in [0.2, 0.25) is 5.91 Å². The van der Waals surface area contributed by atoms with Crippen LogP contribution in [0.3, 0.4) is 0 Å². The van der Waals surface area contributed by atoms with Crippen molar-refractivity contribution in [3.05, 3.63) is 82.1 Å². The number of carbonyl (C=O) groups is 2. The van der Waals surface area contributed by atoms with Gasteiger partial charge in [0.15, 0.2) is 5.13 Å². The number of aromatic nitrogens is 1. The lowest BCUT2D eigenvalue weighted by Gasteiger charge is -2.58. The number of halogens is 1. The molecule has 2 aliphatic carbocycles. The molecule has 0 spiro atoms. The van der Waals surface area contributed by atoms with Crippen molar-refractivity contribution in [2.75, 3.05) is 11.9 Å². The van der Waals surface area contributed by atoms with E-state index in [1.54, 1.807) is 0 Å². The average Bonchev–Trinajstić information content (AvgIpc) is 3.33. The fraction of sp³-hybridized carbons (Fsp3) is 0.433. The van der Waals surface area contributed by atoms with E-state index in [1.807, 2.05) is 37.3 Å². The highest BCUT2D eigenvalue weighted by Crippen LogP contribution is 2.62. The molecule has 3 aromatic rings. The first-order valence-electron chi connectivity index (χ1n) is 13.3. The molecule has 9 heteroatoms. The van der Waals surface area contributed by atoms with Crippen LogP contribution in [0.2, 0.25) is 0 Å². The molecular formula is C30H34FN3O4S. The van der Waals surface area contributed by atoms with Crippen molar-refractivity contribution in [1.82, 2.24) is 10.3 Å². The molecule has 39 heavy (non-hydrogen) atoms. The number of nitrogens with one attached hydrogen (secondary N) is 2. The van der Waals surface area contributed by atoms with Crippen molar-refractivity contribution in [2.45, 2.75) is 58.1 Å². The zero-order chi connectivity index (χ0) is 27.8. The van der Waals surface area contributed by atoms with Crippen LogP contribution in [0.5, 0.6) is 0 Å². The number of aliphatic hydroxyl groups excluding tert-OH is 2. The van der Waals surface area contributed by atoms with Crippen LogP contribution in [0.4, 0.5) is 9.52 Å². The lowest BCUT2D eigenvalue weighted by atomic mass is 9.47. The van der Waals surface area contributed by atoms with Gasteiger partial charge in [-0.05, 0) is 54.4 Å². The Kier molecular flexibility index (Phi) is 7.59. The van der Waals surface area contributed by atoms with Gasteiger partial charge in [0.25, 0.3) is 5.91 Å². The minimum absolute atomic E-state index is 0.0922. The third-order valence-corrected chi connectivity index (χ3v) is 9.93. The lowest BCUT2D eigenvalue weighted by Crippen LogP contribution is -2.57. The van der Waals surface area contributed by atoms with Crippen molar-refractivity contribution in [3.63, 3.8) is 0 Å². The smallest absolute Gasteiger partial charge is 0.257 e. The number of benzene rings is 2. The van der Waals surface area contributed by atoms with Gasteiger partial charge in [-0.15, -0.1) is 11.3 Å². The predicted molar refractivity (Wildman–Crippen MR) is 148 cm³/mol. The van der Waals surface area contributed by atoms with E-state index in [0.29, 0.717) is 30.9 Å². The SMILES string of the molecule is CC1(CO)C(O)CCC2(C)C(CC(=O)NCc3ccccc3)c3nc(NC(=O)c4cccc(F)c4)sc3CC12. The number of rotatable bonds is 7. The maximum absolute atomic E-state index is 13.7. The highest BCUT2D eigenvalue weighted by Gasteiger charge is 2.59. The molecule has 0 aliphatic heterocycles. The van der Waals surface area contributed by atoms with Gasteiger partial charge >= 0.3 is 0 Å². The van der Waals surface area contributed by atoms with Crippen LogP contribution in [0.15, 0.2) is 54.6 Å². The van der Waals surface area contributed by atoms with Gasteiger partial charge in [-0.25, -0.2) is 9.37 Å². The van der Waals surface area contributed by atoms with Gasteiger partial charge in [-0.3, -0.25) is 14.9 Å². The Morgan fingerprint density at radius 3 is 2.64 bits per heavy atom. The molecule has 0 bridgehead atoms. The highest BCUT2D eigenvalue weighted by atomic mass is 32.1. The molecule has 5 unspecified atom stereocenters. The van der Waals surface area contributed by atoms with Gasteiger partial charge in [0, 0.05) is 34.7 Å². The van der Waals surface area contributed by atoms with Crippen LogP contribution in [0.25, 0.3) is 0 Å². The number of nitrogens with zero attached hydrogens (tertiary/aromatic N) is 1. The van der Waals surface area contributed by atoms with E-state index in [1.165, 1.54) is 35.6 Å². The largest absolute Gasteiger partial charge is 0.396 e. The minimum atomic E-state index is -0.738. The van der Waals surface area contributed by atoms with E-state index in [2.05, 4.69) is 17.6 Å². The summed E-state index contributed by atoms with van der Waals surface area (Å²) in [5.74, 6) is -1.42. The van der Waals surface area contributed by atoms with Crippen molar-refractivity contribution in [1.29, 1.82) is 0 Å². The van der Waals surface area contributed by atoms with Crippen LogP contribution in [0.1, 0.15) is 65.5 Å². The Balaban J connectivity index is 1.45. The molecular weight excluding hydrogens is 517 g/mol. The summed E-state index contributed by atoms with van der Waals surface area (Å²) >= 11 is 1.34. The average molecular weight is 552 g/mol. The van der Waals surface area contributed by atoms with Gasteiger partial charge < -0.3 is 15.5 Å². The maximum Gasteiger partial charge on any atom is 0.257 e. The first kappa shape index (κ1) is 27.4. The molecule has 7 nitrogen and oxygen atoms in total. The third-order valence-electron chi connectivity index (χ3n) is 8.92. The van der Waals surface area contributed by atoms with Gasteiger partial charge in [-0.2, -0.15) is 0 Å². The third kappa shape index (κ3) is 5.23. The number of amides is 2. The summed E-state index contributed by atoms with van der Waals surface area (Å²) in [5, 5.41) is 27.6. The summed E-state index contributed by atoms with van der Waals surface area (Å²) < 4.78 is 13.7. The van der Waals surface area contributed by atoms with Gasteiger partial charge in [0.1, 0.15) is 5.82 Å². The molecule has 2 aromatic carbocycles. The van der Waals surface area contributed by atoms with Gasteiger partial charge in [0.05, 0.1) is 18.4 Å². The molecule has 0 saturated heterocycles. The van der Waals surface area contributed by atoms with Crippen LogP contribution >= 0.6 is 11.3 Å². The topological polar surface area (TPSA) is 112 Å². The van der Waals surface area contributed by atoms with Crippen molar-refractivity contribution in [3.8, 4) is 0 Å². The van der Waals surface area contributed by atoms with Crippen LogP contribution in [-0.4, -0.2) is 39.7 Å². The molecule has 2 aliphatic rings. The van der Waals surface area contributed by atoms with E-state index < -0.39 is 28.7 Å². The number of hydrogen-bond donors (Lipinski definition) is 4. The molecule has 1 aromatic heterocycles. The zero-order valence-electron chi connectivity index (χ0n) is 22.1. The summed E-state index contributed by atoms with van der Waals surface area (Å²) in [5.41, 5.74) is 0.838. The van der Waals surface area contributed by atoms with Crippen LogP contribution in [-0.2, 0) is 17.8 Å². The Bertz CT molecular complexity index is 1370. The van der Waals surface area contributed by atoms with Crippen LogP contribution < -0.4 is 10.6 Å². The normalized spacial score (nSPS) is 27.8. The minimum Gasteiger partial charge on any atom is -0.396 e. The number of aliphatic hydroxyl groups is 2. The Hall–Kier alpha value is -3.14. The molecule has 4 N–H and O–H groups in total. The molecule has 1 fully saturated rings. The number of anilines is 1. The van der Waals surface area contributed by atoms with E-state index in [9.17, 15) is 24.2 Å². The Labute approximate surface area is 231 Å². The first-order valence-corrected chi connectivity index (χ1v) is 14.1. The number of hydrogen-bond acceptors (Lipinski definition) is 6. The van der Waals surface area contributed by atoms with E-state index in [4.69, 9.17) is 4.98 Å². The summed E-state index contributed by atoms with van der Waals surface area (Å²) in [6.45, 7) is 4.31. The molecule has 1 heterocycles. The molecule has 0 radical (unpaired) electrons. The van der Waals surface area contributed by atoms with E-state index >= 15 is 0 Å². The molecule has 5 atom stereocenters. The van der Waals surface area contributed by atoms with E-state index in [0.717, 1.165) is 16.1 Å². The zero-order valence-corrected chi connectivity index (χ0v) is 22.9. The lowest BCUT2D eigenvalue weighted by molar-refractivity contribution is -0.144. The second-order valence-electron chi connectivity index (χ2n) is 11.3. The van der Waals surface area contributed by atoms with E-state index in [-0.39, 0.29) is 36.3 Å². The second-order valence-corrected chi connectivity index (χ2v) is 12.4. The standard InChI is InChI=1S/C30H34FN3O4S/c1-29-12-11-24(36)30(2,17-35)23(29)15-22-26(21(29)14-25(37)32-16-18-7-4-3-5-8-18)33-28(39-22)34-27(38)19-9-6-10-20(31)13-19/h3-10,13,21,23-24,35-36H,11-12,14-17H2,1-2H3,(H,32,37)(H,33,34,38). The Morgan fingerprint density at radius 2 is 1.92 bits per heavy atom. The molecule has 2 amide bonds. The van der Waals surface area contributed by atoms with Crippen molar-refractivity contribution < 1.29 is 24.2 Å². The van der Waals surface area contributed by atoms with Gasteiger partial charge in [-0.1, -0.05) is 50.2 Å². The van der Waals surface area contributed by atoms with Crippen molar-refractivity contribution >= 4 is 28.3 Å². The number of carbonyl (C=O) groups excluding carboxylic acids is 2. The number of thiazole rings is 1. The predicted octanol–water partition coefficient (Wildman–Crippen LogP) is 4.66. The van der Waals surface area contributed by atoms with Crippen molar-refractivity contribution in [2.24, 2.45) is 16.7 Å². The fourth-order valence-corrected chi connectivity index (χ4v) is 7.62. The van der Waals surface area contributed by atoms with Crippen LogP contribution in [0, 0.1) is 22.6 Å². The monoisotopic (exact) mass is 551 g/mol.